The number of unbranched alkanes of at least 4 members (excludes halogenated alkanes) is 2. The second kappa shape index (κ2) is 24.3. The molecule has 0 aliphatic carbocycles. The Morgan fingerprint density at radius 2 is 1.09 bits per heavy atom. The van der Waals surface area contributed by atoms with Crippen molar-refractivity contribution in [2.24, 2.45) is 11.8 Å². The van der Waals surface area contributed by atoms with Crippen molar-refractivity contribution in [3.8, 4) is 0 Å². The molecule has 0 saturated carbocycles. The van der Waals surface area contributed by atoms with Crippen molar-refractivity contribution in [1.82, 2.24) is 0 Å². The van der Waals surface area contributed by atoms with Gasteiger partial charge in [0.25, 0.3) is 0 Å². The predicted molar refractivity (Wildman–Crippen MR) is 149 cm³/mol. The van der Waals surface area contributed by atoms with Crippen molar-refractivity contribution in [3.05, 3.63) is 58.7 Å². The first-order valence-electron chi connectivity index (χ1n) is 12.5. The first-order valence-corrected chi connectivity index (χ1v) is 19.1. The zero-order valence-electron chi connectivity index (χ0n) is 22.1. The fourth-order valence-corrected chi connectivity index (χ4v) is 3.37. The van der Waals surface area contributed by atoms with E-state index in [0.29, 0.717) is 0 Å². The maximum atomic E-state index is 4.89. The zero-order valence-corrected chi connectivity index (χ0v) is 26.3. The SMILES string of the molecule is CCCCc1cc(CC(C)C)c[cH-]1.CCCCc1cc(CC(C)C)c[cH-]1.C[SiH]C.[Cl][Ti][Cl]. The molecule has 0 aromatic heterocycles. The van der Waals surface area contributed by atoms with Crippen LogP contribution in [0.15, 0.2) is 36.4 Å². The van der Waals surface area contributed by atoms with Gasteiger partial charge in [-0.1, -0.05) is 118 Å². The first-order chi connectivity index (χ1) is 15.3. The Morgan fingerprint density at radius 3 is 1.34 bits per heavy atom. The summed E-state index contributed by atoms with van der Waals surface area (Å²) in [6.45, 7) is 18.0. The summed E-state index contributed by atoms with van der Waals surface area (Å²) in [6.07, 6.45) is 10.2. The standard InChI is InChI=1S/2C13H21.C2H7Si.2ClH.Ti/c2*1-4-5-6-12-7-8-13(10-12)9-11(2)3;1-3-2;;;/h2*7-8,10-11H,4-6,9H2,1-3H3;3H,1-2H3;2*1H;/q2*-1;;;;+2/p-2. The molecule has 0 nitrogen and oxygen atoms in total. The van der Waals surface area contributed by atoms with Crippen LogP contribution in [0.5, 0.6) is 0 Å². The monoisotopic (exact) mass is 531 g/mol. The number of hydrogen-bond acceptors (Lipinski definition) is 0. The van der Waals surface area contributed by atoms with Gasteiger partial charge in [-0.2, -0.15) is 46.5 Å². The normalized spacial score (nSPS) is 10.0. The Bertz CT molecular complexity index is 562. The Morgan fingerprint density at radius 1 is 0.781 bits per heavy atom. The van der Waals surface area contributed by atoms with Crippen LogP contribution in [0, 0.1) is 11.8 Å². The van der Waals surface area contributed by atoms with Gasteiger partial charge < -0.3 is 0 Å². The Kier molecular flexibility index (Phi) is 26.1. The number of aryl methyl sites for hydroxylation is 2. The van der Waals surface area contributed by atoms with Crippen LogP contribution >= 0.6 is 18.6 Å². The van der Waals surface area contributed by atoms with Crippen molar-refractivity contribution in [3.63, 3.8) is 0 Å². The Balaban J connectivity index is 0. The molecule has 0 amide bonds. The molecule has 1 radical (unpaired) electrons. The van der Waals surface area contributed by atoms with E-state index in [-0.39, 0.29) is 0 Å². The average Bonchev–Trinajstić information content (AvgIpc) is 3.35. The molecule has 2 aromatic rings. The van der Waals surface area contributed by atoms with Gasteiger partial charge in [0.1, 0.15) is 0 Å². The molecule has 0 heterocycles. The number of halogens is 2. The summed E-state index contributed by atoms with van der Waals surface area (Å²) in [4.78, 5) is 0. The molecule has 4 heteroatoms. The molecule has 0 bridgehead atoms. The van der Waals surface area contributed by atoms with Gasteiger partial charge in [-0.15, -0.1) is 0 Å². The molecular weight excluding hydrogens is 483 g/mol. The van der Waals surface area contributed by atoms with Gasteiger partial charge in [0.15, 0.2) is 0 Å². The second-order valence-corrected chi connectivity index (χ2v) is 13.0. The van der Waals surface area contributed by atoms with Gasteiger partial charge in [-0.05, 0) is 0 Å². The topological polar surface area (TPSA) is 0 Å². The van der Waals surface area contributed by atoms with Gasteiger partial charge in [-0.3, -0.25) is 0 Å². The molecule has 2 aromatic carbocycles. The van der Waals surface area contributed by atoms with Gasteiger partial charge in [0, 0.05) is 9.52 Å². The van der Waals surface area contributed by atoms with Gasteiger partial charge in [0.05, 0.1) is 0 Å². The molecular formula is C28H49Cl2SiTi-2. The van der Waals surface area contributed by atoms with Crippen LogP contribution in [0.4, 0.5) is 0 Å². The van der Waals surface area contributed by atoms with Crippen molar-refractivity contribution < 1.29 is 17.0 Å². The van der Waals surface area contributed by atoms with Crippen LogP contribution in [0.25, 0.3) is 0 Å². The second-order valence-electron chi connectivity index (χ2n) is 9.31. The fourth-order valence-electron chi connectivity index (χ4n) is 3.37. The zero-order chi connectivity index (χ0) is 24.8. The van der Waals surface area contributed by atoms with Gasteiger partial charge in [-0.25, -0.2) is 12.1 Å². The van der Waals surface area contributed by atoms with E-state index in [1.54, 1.807) is 0 Å². The molecule has 185 valence electrons. The summed E-state index contributed by atoms with van der Waals surface area (Å²) in [7, 11) is 10.5. The molecule has 0 aliphatic rings. The minimum absolute atomic E-state index is 0.556. The van der Waals surface area contributed by atoms with E-state index in [1.807, 2.05) is 0 Å². The molecule has 0 spiro atoms. The van der Waals surface area contributed by atoms with E-state index in [1.165, 1.54) is 73.6 Å². The molecule has 0 fully saturated rings. The van der Waals surface area contributed by atoms with E-state index in [2.05, 4.69) is 91.0 Å². The van der Waals surface area contributed by atoms with Crippen LogP contribution < -0.4 is 0 Å². The third-order valence-corrected chi connectivity index (χ3v) is 4.69. The van der Waals surface area contributed by atoms with Crippen molar-refractivity contribution >= 4 is 28.1 Å². The minimum atomic E-state index is -0.556. The summed E-state index contributed by atoms with van der Waals surface area (Å²) in [5, 5.41) is 0. The van der Waals surface area contributed by atoms with Crippen LogP contribution in [0.2, 0.25) is 13.1 Å². The maximum absolute atomic E-state index is 4.89. The third-order valence-electron chi connectivity index (χ3n) is 4.69. The first kappa shape index (κ1) is 34.4. The Labute approximate surface area is 220 Å². The van der Waals surface area contributed by atoms with Gasteiger partial charge >= 0.3 is 35.6 Å². The van der Waals surface area contributed by atoms with Crippen molar-refractivity contribution in [2.45, 2.75) is 106 Å². The van der Waals surface area contributed by atoms with Gasteiger partial charge in [0.2, 0.25) is 0 Å². The molecule has 0 unspecified atom stereocenters. The summed E-state index contributed by atoms with van der Waals surface area (Å²) in [6, 6.07) is 13.9. The number of hydrogen-bond donors (Lipinski definition) is 0. The quantitative estimate of drug-likeness (QED) is 0.211. The molecule has 32 heavy (non-hydrogen) atoms. The van der Waals surface area contributed by atoms with Crippen molar-refractivity contribution in [2.75, 3.05) is 0 Å². The van der Waals surface area contributed by atoms with Crippen LogP contribution in [-0.4, -0.2) is 9.52 Å². The van der Waals surface area contributed by atoms with E-state index < -0.39 is 17.0 Å². The van der Waals surface area contributed by atoms with Crippen LogP contribution in [0.1, 0.15) is 89.5 Å². The Hall–Kier alpha value is 0.211. The van der Waals surface area contributed by atoms with E-state index in [9.17, 15) is 0 Å². The average molecular weight is 533 g/mol. The molecule has 0 saturated heterocycles. The van der Waals surface area contributed by atoms with Crippen LogP contribution in [0.3, 0.4) is 0 Å². The third kappa shape index (κ3) is 22.0. The summed E-state index contributed by atoms with van der Waals surface area (Å²) in [5.74, 6) is 1.56. The predicted octanol–water partition coefficient (Wildman–Crippen LogP) is 9.79. The van der Waals surface area contributed by atoms with Crippen molar-refractivity contribution in [1.29, 1.82) is 0 Å². The summed E-state index contributed by atoms with van der Waals surface area (Å²) >= 11 is -0.556. The summed E-state index contributed by atoms with van der Waals surface area (Å²) < 4.78 is 0. The summed E-state index contributed by atoms with van der Waals surface area (Å²) in [5.41, 5.74) is 6.08. The molecule has 0 atom stereocenters. The van der Waals surface area contributed by atoms with E-state index in [0.717, 1.165) is 21.4 Å². The molecule has 2 rings (SSSR count). The van der Waals surface area contributed by atoms with E-state index >= 15 is 0 Å². The van der Waals surface area contributed by atoms with E-state index in [4.69, 9.17) is 18.6 Å². The molecule has 0 N–H and O–H groups in total. The molecule has 0 aliphatic heterocycles. The number of rotatable bonds is 10. The fraction of sp³-hybridized carbons (Fsp3) is 0.643. The van der Waals surface area contributed by atoms with Crippen LogP contribution in [-0.2, 0) is 42.7 Å².